The van der Waals surface area contributed by atoms with E-state index in [2.05, 4.69) is 85.2 Å². The first kappa shape index (κ1) is 43.4. The highest BCUT2D eigenvalue weighted by atomic mass is 16.5. The molecule has 0 aliphatic heterocycles. The molecule has 6 nitrogen and oxygen atoms in total. The number of nitrogens with zero attached hydrogens (tertiary/aromatic N) is 1. The van der Waals surface area contributed by atoms with E-state index in [-0.39, 0.29) is 28.6 Å². The van der Waals surface area contributed by atoms with E-state index in [1.165, 1.54) is 51.4 Å². The Bertz CT molecular complexity index is 1180. The predicted octanol–water partition coefficient (Wildman–Crippen LogP) is 10.2. The first-order valence-electron chi connectivity index (χ1n) is 21.9. The summed E-state index contributed by atoms with van der Waals surface area (Å²) in [7, 11) is 0. The SMILES string of the molecule is C=C(CCC(=O)O[C@H]1CC[C@@]2(C)C(=CC[C@H]3[C@@H]4CC[C@H]([C@H](C)CCCC(C)C)[C@@]4(C)CC[C@@H]32)C1)N(CCCCNCCC(C)(C)N)CCC(C)(C)N. The first-order chi connectivity index (χ1) is 24.3. The molecule has 4 aliphatic rings. The molecule has 4 rings (SSSR count). The Balaban J connectivity index is 1.25. The molecule has 0 spiro atoms. The zero-order chi connectivity index (χ0) is 38.3. The second-order valence-corrected chi connectivity index (χ2v) is 20.6. The van der Waals surface area contributed by atoms with Crippen LogP contribution in [0.15, 0.2) is 23.9 Å². The molecule has 5 N–H and O–H groups in total. The Morgan fingerprint density at radius 1 is 0.923 bits per heavy atom. The number of hydrogen-bond acceptors (Lipinski definition) is 6. The largest absolute Gasteiger partial charge is 0.462 e. The topological polar surface area (TPSA) is 93.6 Å². The minimum absolute atomic E-state index is 0.0135. The van der Waals surface area contributed by atoms with Crippen LogP contribution in [0.1, 0.15) is 171 Å². The van der Waals surface area contributed by atoms with Crippen molar-refractivity contribution in [1.29, 1.82) is 0 Å². The van der Waals surface area contributed by atoms with E-state index in [9.17, 15) is 4.79 Å². The van der Waals surface area contributed by atoms with E-state index in [4.69, 9.17) is 16.2 Å². The van der Waals surface area contributed by atoms with Gasteiger partial charge in [-0.1, -0.05) is 72.1 Å². The van der Waals surface area contributed by atoms with Crippen molar-refractivity contribution < 1.29 is 9.53 Å². The molecule has 0 bridgehead atoms. The lowest BCUT2D eigenvalue weighted by molar-refractivity contribution is -0.151. The number of ether oxygens (including phenoxy) is 1. The molecule has 0 heterocycles. The fraction of sp³-hybridized carbons (Fsp3) is 0.891. The van der Waals surface area contributed by atoms with E-state index in [0.717, 1.165) is 112 Å². The van der Waals surface area contributed by atoms with Crippen LogP contribution < -0.4 is 16.8 Å². The summed E-state index contributed by atoms with van der Waals surface area (Å²) < 4.78 is 6.22. The molecule has 0 radical (unpaired) electrons. The van der Waals surface area contributed by atoms with Gasteiger partial charge in [0.25, 0.3) is 0 Å². The van der Waals surface area contributed by atoms with Crippen LogP contribution in [0.25, 0.3) is 0 Å². The standard InChI is InChI=1S/C46H84N4O2/c1-33(2)14-13-15-34(3)39-19-20-40-38-18-17-36-32-37(22-24-45(36,9)41(38)23-25-46(39,40)10)52-42(51)21-16-35(4)50(31-27-44(7,8)48)30-12-11-28-49-29-26-43(5,6)47/h17,33-34,37-41,49H,4,11-16,18-32,47-48H2,1-3,5-10H3/t34-,37+,38+,39-,40+,41+,45+,46-/m1/s1. The molecule has 0 aromatic rings. The van der Waals surface area contributed by atoms with Gasteiger partial charge in [-0.2, -0.15) is 0 Å². The monoisotopic (exact) mass is 725 g/mol. The fourth-order valence-corrected chi connectivity index (χ4v) is 11.3. The van der Waals surface area contributed by atoms with E-state index in [1.54, 1.807) is 5.57 Å². The van der Waals surface area contributed by atoms with E-state index in [1.807, 2.05) is 0 Å². The Hall–Kier alpha value is -1.37. The number of carbonyl (C=O) groups is 1. The molecule has 0 saturated heterocycles. The summed E-state index contributed by atoms with van der Waals surface area (Å²) in [4.78, 5) is 15.6. The van der Waals surface area contributed by atoms with Crippen LogP contribution in [0, 0.1) is 46.3 Å². The molecule has 6 heteroatoms. The number of allylic oxidation sites excluding steroid dienone is 2. The molecule has 8 atom stereocenters. The summed E-state index contributed by atoms with van der Waals surface area (Å²) in [6.45, 7) is 29.1. The maximum atomic E-state index is 13.3. The highest BCUT2D eigenvalue weighted by molar-refractivity contribution is 5.70. The van der Waals surface area contributed by atoms with Crippen LogP contribution in [0.4, 0.5) is 0 Å². The molecule has 0 aromatic carbocycles. The van der Waals surface area contributed by atoms with Crippen LogP contribution >= 0.6 is 0 Å². The molecule has 300 valence electrons. The van der Waals surface area contributed by atoms with E-state index >= 15 is 0 Å². The van der Waals surface area contributed by atoms with Crippen LogP contribution in [-0.4, -0.2) is 54.2 Å². The molecular formula is C46H84N4O2. The fourth-order valence-electron chi connectivity index (χ4n) is 11.3. The number of esters is 1. The zero-order valence-electron chi connectivity index (χ0n) is 35.6. The van der Waals surface area contributed by atoms with Crippen LogP contribution in [0.3, 0.4) is 0 Å². The Labute approximate surface area is 321 Å². The number of fused-ring (bicyclic) bond motifs is 5. The summed E-state index contributed by atoms with van der Waals surface area (Å²) in [5.74, 6) is 5.01. The molecule has 0 amide bonds. The number of hydrogen-bond donors (Lipinski definition) is 3. The Morgan fingerprint density at radius 3 is 2.35 bits per heavy atom. The number of unbranched alkanes of at least 4 members (excludes halogenated alkanes) is 1. The van der Waals surface area contributed by atoms with E-state index in [0.29, 0.717) is 18.3 Å². The van der Waals surface area contributed by atoms with Gasteiger partial charge in [0.1, 0.15) is 6.10 Å². The molecule has 0 aromatic heterocycles. The van der Waals surface area contributed by atoms with Crippen molar-refractivity contribution in [3.05, 3.63) is 23.9 Å². The number of carbonyl (C=O) groups excluding carboxylic acids is 1. The Kier molecular flexibility index (Phi) is 15.4. The molecule has 4 aliphatic carbocycles. The van der Waals surface area contributed by atoms with Crippen molar-refractivity contribution in [3.63, 3.8) is 0 Å². The Morgan fingerprint density at radius 2 is 1.65 bits per heavy atom. The smallest absolute Gasteiger partial charge is 0.306 e. The van der Waals surface area contributed by atoms with Gasteiger partial charge >= 0.3 is 5.97 Å². The molecular weight excluding hydrogens is 641 g/mol. The maximum Gasteiger partial charge on any atom is 0.306 e. The number of nitrogens with one attached hydrogen (secondary N) is 1. The van der Waals surface area contributed by atoms with Gasteiger partial charge in [0.15, 0.2) is 0 Å². The average Bonchev–Trinajstić information content (AvgIpc) is 3.41. The van der Waals surface area contributed by atoms with Crippen molar-refractivity contribution in [2.75, 3.05) is 26.2 Å². The quantitative estimate of drug-likeness (QED) is 0.0620. The van der Waals surface area contributed by atoms with Crippen LogP contribution in [-0.2, 0) is 9.53 Å². The van der Waals surface area contributed by atoms with Gasteiger partial charge in [-0.25, -0.2) is 0 Å². The first-order valence-corrected chi connectivity index (χ1v) is 21.9. The lowest BCUT2D eigenvalue weighted by Gasteiger charge is -2.58. The van der Waals surface area contributed by atoms with Gasteiger partial charge in [0.05, 0.1) is 6.42 Å². The molecule has 3 saturated carbocycles. The van der Waals surface area contributed by atoms with Gasteiger partial charge in [0, 0.05) is 36.3 Å². The lowest BCUT2D eigenvalue weighted by atomic mass is 9.47. The summed E-state index contributed by atoms with van der Waals surface area (Å²) in [5.41, 5.74) is 15.5. The van der Waals surface area contributed by atoms with Crippen molar-refractivity contribution in [3.8, 4) is 0 Å². The lowest BCUT2D eigenvalue weighted by Crippen LogP contribution is -2.51. The van der Waals surface area contributed by atoms with Crippen molar-refractivity contribution >= 4 is 5.97 Å². The third-order valence-corrected chi connectivity index (χ3v) is 14.6. The minimum atomic E-state index is -0.236. The summed E-state index contributed by atoms with van der Waals surface area (Å²) in [6, 6.07) is 0. The van der Waals surface area contributed by atoms with Gasteiger partial charge in [0.2, 0.25) is 0 Å². The highest BCUT2D eigenvalue weighted by Crippen LogP contribution is 2.67. The van der Waals surface area contributed by atoms with Crippen LogP contribution in [0.5, 0.6) is 0 Å². The number of rotatable bonds is 21. The maximum absolute atomic E-state index is 13.3. The van der Waals surface area contributed by atoms with Crippen molar-refractivity contribution in [1.82, 2.24) is 10.2 Å². The van der Waals surface area contributed by atoms with Gasteiger partial charge in [-0.15, -0.1) is 0 Å². The predicted molar refractivity (Wildman–Crippen MR) is 221 cm³/mol. The summed E-state index contributed by atoms with van der Waals surface area (Å²) in [5, 5.41) is 3.53. The third kappa shape index (κ3) is 11.8. The van der Waals surface area contributed by atoms with Gasteiger partial charge in [-0.3, -0.25) is 4.79 Å². The molecule has 0 unspecified atom stereocenters. The van der Waals surface area contributed by atoms with Crippen molar-refractivity contribution in [2.45, 2.75) is 189 Å². The third-order valence-electron chi connectivity index (χ3n) is 14.6. The van der Waals surface area contributed by atoms with Gasteiger partial charge < -0.3 is 26.4 Å². The average molecular weight is 725 g/mol. The van der Waals surface area contributed by atoms with Gasteiger partial charge in [-0.05, 0) is 164 Å². The summed E-state index contributed by atoms with van der Waals surface area (Å²) in [6.07, 6.45) is 21.9. The highest BCUT2D eigenvalue weighted by Gasteiger charge is 2.59. The normalized spacial score (nSPS) is 31.0. The number of nitrogens with two attached hydrogens (primary N) is 2. The minimum Gasteiger partial charge on any atom is -0.462 e. The van der Waals surface area contributed by atoms with Crippen molar-refractivity contribution in [2.24, 2.45) is 57.8 Å². The second kappa shape index (κ2) is 18.5. The second-order valence-electron chi connectivity index (χ2n) is 20.6. The van der Waals surface area contributed by atoms with E-state index < -0.39 is 0 Å². The molecule has 3 fully saturated rings. The zero-order valence-corrected chi connectivity index (χ0v) is 35.6. The summed E-state index contributed by atoms with van der Waals surface area (Å²) >= 11 is 0. The molecule has 52 heavy (non-hydrogen) atoms. The van der Waals surface area contributed by atoms with Crippen LogP contribution in [0.2, 0.25) is 0 Å².